The molecule has 0 aliphatic rings. The Hall–Kier alpha value is -2.07. The first-order valence-corrected chi connectivity index (χ1v) is 6.66. The van der Waals surface area contributed by atoms with Crippen LogP contribution in [0.15, 0.2) is 42.7 Å². The fourth-order valence-corrected chi connectivity index (χ4v) is 2.27. The summed E-state index contributed by atoms with van der Waals surface area (Å²) in [7, 11) is 5.72. The van der Waals surface area contributed by atoms with Crippen LogP contribution < -0.4 is 15.0 Å². The molecule has 106 valence electrons. The molecule has 0 saturated carbocycles. The maximum absolute atomic E-state index is 5.41. The van der Waals surface area contributed by atoms with Gasteiger partial charge in [-0.3, -0.25) is 4.98 Å². The number of aromatic nitrogens is 1. The molecule has 2 rings (SSSR count). The van der Waals surface area contributed by atoms with Crippen molar-refractivity contribution in [2.75, 3.05) is 26.1 Å². The third-order valence-electron chi connectivity index (χ3n) is 3.27. The van der Waals surface area contributed by atoms with Crippen LogP contribution >= 0.6 is 0 Å². The Morgan fingerprint density at radius 3 is 2.75 bits per heavy atom. The molecule has 0 aliphatic carbocycles. The molecule has 0 fully saturated rings. The first kappa shape index (κ1) is 14.3. The summed E-state index contributed by atoms with van der Waals surface area (Å²) in [5.74, 6) is 0.915. The lowest BCUT2D eigenvalue weighted by molar-refractivity contribution is 0.409. The summed E-state index contributed by atoms with van der Waals surface area (Å²) in [5, 5.41) is 3.19. The lowest BCUT2D eigenvalue weighted by Crippen LogP contribution is -2.20. The van der Waals surface area contributed by atoms with E-state index in [0.717, 1.165) is 30.1 Å². The third kappa shape index (κ3) is 3.27. The number of benzene rings is 1. The van der Waals surface area contributed by atoms with Gasteiger partial charge in [-0.05, 0) is 24.7 Å². The number of ether oxygens (including phenoxy) is 1. The van der Waals surface area contributed by atoms with Gasteiger partial charge in [0.05, 0.1) is 19.0 Å². The van der Waals surface area contributed by atoms with E-state index < -0.39 is 0 Å². The highest BCUT2D eigenvalue weighted by atomic mass is 16.5. The molecular weight excluding hydrogens is 250 g/mol. The van der Waals surface area contributed by atoms with Crippen LogP contribution in [-0.4, -0.2) is 26.2 Å². The maximum Gasteiger partial charge on any atom is 0.123 e. The minimum atomic E-state index is 0.784. The molecular formula is C16H21N3O. The van der Waals surface area contributed by atoms with Crippen LogP contribution in [0.2, 0.25) is 0 Å². The number of nitrogens with one attached hydrogen (secondary N) is 1. The van der Waals surface area contributed by atoms with Gasteiger partial charge in [-0.2, -0.15) is 0 Å². The van der Waals surface area contributed by atoms with E-state index in [1.807, 2.05) is 43.7 Å². The van der Waals surface area contributed by atoms with Crippen molar-refractivity contribution in [3.63, 3.8) is 0 Å². The summed E-state index contributed by atoms with van der Waals surface area (Å²) < 4.78 is 5.41. The van der Waals surface area contributed by atoms with E-state index >= 15 is 0 Å². The molecule has 0 saturated heterocycles. The van der Waals surface area contributed by atoms with E-state index in [2.05, 4.69) is 28.3 Å². The van der Waals surface area contributed by atoms with Crippen LogP contribution in [0.25, 0.3) is 0 Å². The second-order valence-corrected chi connectivity index (χ2v) is 4.70. The molecule has 1 heterocycles. The minimum absolute atomic E-state index is 0.784. The molecule has 0 radical (unpaired) electrons. The van der Waals surface area contributed by atoms with Crippen molar-refractivity contribution in [1.82, 2.24) is 10.3 Å². The van der Waals surface area contributed by atoms with Crippen LogP contribution in [0.1, 0.15) is 11.1 Å². The average molecular weight is 271 g/mol. The zero-order valence-corrected chi connectivity index (χ0v) is 12.3. The van der Waals surface area contributed by atoms with E-state index in [4.69, 9.17) is 4.74 Å². The molecule has 1 aromatic carbocycles. The fourth-order valence-electron chi connectivity index (χ4n) is 2.27. The Kier molecular flexibility index (Phi) is 4.96. The lowest BCUT2D eigenvalue weighted by Gasteiger charge is -2.23. The third-order valence-corrected chi connectivity index (χ3v) is 3.27. The molecule has 0 bridgehead atoms. The highest BCUT2D eigenvalue weighted by Crippen LogP contribution is 2.24. The van der Waals surface area contributed by atoms with Gasteiger partial charge >= 0.3 is 0 Å². The Morgan fingerprint density at radius 2 is 2.00 bits per heavy atom. The Balaban J connectivity index is 2.21. The number of anilines is 1. The second-order valence-electron chi connectivity index (χ2n) is 4.70. The number of hydrogen-bond donors (Lipinski definition) is 1. The molecule has 4 heteroatoms. The van der Waals surface area contributed by atoms with Gasteiger partial charge < -0.3 is 15.0 Å². The number of nitrogens with zero attached hydrogens (tertiary/aromatic N) is 2. The average Bonchev–Trinajstić information content (AvgIpc) is 2.48. The van der Waals surface area contributed by atoms with Crippen LogP contribution in [0.5, 0.6) is 5.75 Å². The second kappa shape index (κ2) is 6.91. The number of rotatable bonds is 6. The van der Waals surface area contributed by atoms with Gasteiger partial charge in [0.15, 0.2) is 0 Å². The SMILES string of the molecule is CNCc1ccncc1N(C)Cc1ccccc1OC. The topological polar surface area (TPSA) is 37.4 Å². The van der Waals surface area contributed by atoms with Crippen molar-refractivity contribution in [2.45, 2.75) is 13.1 Å². The minimum Gasteiger partial charge on any atom is -0.496 e. The molecule has 0 unspecified atom stereocenters. The predicted molar refractivity (Wildman–Crippen MR) is 82.1 cm³/mol. The quantitative estimate of drug-likeness (QED) is 0.875. The van der Waals surface area contributed by atoms with Gasteiger partial charge in [0.2, 0.25) is 0 Å². The summed E-state index contributed by atoms with van der Waals surface area (Å²) in [5.41, 5.74) is 3.53. The van der Waals surface area contributed by atoms with Crippen LogP contribution in [0, 0.1) is 0 Å². The van der Waals surface area contributed by atoms with Crippen molar-refractivity contribution in [2.24, 2.45) is 0 Å². The number of pyridine rings is 1. The van der Waals surface area contributed by atoms with Crippen molar-refractivity contribution in [1.29, 1.82) is 0 Å². The van der Waals surface area contributed by atoms with Gasteiger partial charge in [0, 0.05) is 31.9 Å². The summed E-state index contributed by atoms with van der Waals surface area (Å²) in [4.78, 5) is 6.42. The van der Waals surface area contributed by atoms with E-state index in [1.54, 1.807) is 7.11 Å². The molecule has 0 atom stereocenters. The van der Waals surface area contributed by atoms with Gasteiger partial charge in [-0.15, -0.1) is 0 Å². The zero-order chi connectivity index (χ0) is 14.4. The Labute approximate surface area is 120 Å². The van der Waals surface area contributed by atoms with E-state index in [1.165, 1.54) is 5.56 Å². The lowest BCUT2D eigenvalue weighted by atomic mass is 10.1. The van der Waals surface area contributed by atoms with Crippen LogP contribution in [-0.2, 0) is 13.1 Å². The molecule has 1 aromatic heterocycles. The van der Waals surface area contributed by atoms with Gasteiger partial charge in [0.25, 0.3) is 0 Å². The molecule has 0 spiro atoms. The monoisotopic (exact) mass is 271 g/mol. The highest BCUT2D eigenvalue weighted by Gasteiger charge is 2.10. The normalized spacial score (nSPS) is 10.3. The Bertz CT molecular complexity index is 557. The fraction of sp³-hybridized carbons (Fsp3) is 0.312. The highest BCUT2D eigenvalue weighted by molar-refractivity contribution is 5.52. The smallest absolute Gasteiger partial charge is 0.123 e. The van der Waals surface area contributed by atoms with E-state index in [-0.39, 0.29) is 0 Å². The molecule has 0 aliphatic heterocycles. The Morgan fingerprint density at radius 1 is 1.20 bits per heavy atom. The van der Waals surface area contributed by atoms with Gasteiger partial charge in [-0.25, -0.2) is 0 Å². The van der Waals surface area contributed by atoms with Crippen LogP contribution in [0.3, 0.4) is 0 Å². The first-order valence-electron chi connectivity index (χ1n) is 6.66. The number of hydrogen-bond acceptors (Lipinski definition) is 4. The largest absolute Gasteiger partial charge is 0.496 e. The summed E-state index contributed by atoms with van der Waals surface area (Å²) in [6, 6.07) is 10.1. The number of para-hydroxylation sites is 1. The van der Waals surface area contributed by atoms with Crippen molar-refractivity contribution >= 4 is 5.69 Å². The van der Waals surface area contributed by atoms with E-state index in [9.17, 15) is 0 Å². The summed E-state index contributed by atoms with van der Waals surface area (Å²) in [6.45, 7) is 1.61. The number of methoxy groups -OCH3 is 1. The van der Waals surface area contributed by atoms with Gasteiger partial charge in [0.1, 0.15) is 5.75 Å². The molecule has 4 nitrogen and oxygen atoms in total. The molecule has 0 amide bonds. The standard InChI is InChI=1S/C16H21N3O/c1-17-10-13-8-9-18-11-15(13)19(2)12-14-6-4-5-7-16(14)20-3/h4-9,11,17H,10,12H2,1-3H3. The van der Waals surface area contributed by atoms with E-state index in [0.29, 0.717) is 0 Å². The zero-order valence-electron chi connectivity index (χ0n) is 12.3. The van der Waals surface area contributed by atoms with Crippen LogP contribution in [0.4, 0.5) is 5.69 Å². The van der Waals surface area contributed by atoms with Crippen molar-refractivity contribution in [3.05, 3.63) is 53.9 Å². The van der Waals surface area contributed by atoms with Gasteiger partial charge in [-0.1, -0.05) is 18.2 Å². The maximum atomic E-state index is 5.41. The molecule has 20 heavy (non-hydrogen) atoms. The molecule has 1 N–H and O–H groups in total. The first-order chi connectivity index (χ1) is 9.76. The van der Waals surface area contributed by atoms with Crippen molar-refractivity contribution in [3.8, 4) is 5.75 Å². The predicted octanol–water partition coefficient (Wildman–Crippen LogP) is 2.45. The van der Waals surface area contributed by atoms with Crippen molar-refractivity contribution < 1.29 is 4.74 Å². The molecule has 2 aromatic rings. The summed E-state index contributed by atoms with van der Waals surface area (Å²) >= 11 is 0. The summed E-state index contributed by atoms with van der Waals surface area (Å²) in [6.07, 6.45) is 3.73.